The first kappa shape index (κ1) is 18.2. The zero-order valence-electron chi connectivity index (χ0n) is 14.6. The van der Waals surface area contributed by atoms with E-state index < -0.39 is 0 Å². The molecular weight excluding hydrogens is 344 g/mol. The van der Waals surface area contributed by atoms with Crippen LogP contribution in [0.4, 0.5) is 0 Å². The molecular formula is C20H20N4OS. The number of nitrogens with zero attached hydrogens (tertiary/aromatic N) is 4. The molecule has 0 aliphatic heterocycles. The fraction of sp³-hybridized carbons (Fsp3) is 0.250. The number of aromatic nitrogens is 3. The third-order valence-corrected chi connectivity index (χ3v) is 5.06. The lowest BCUT2D eigenvalue weighted by Gasteiger charge is -2.07. The van der Waals surface area contributed by atoms with Crippen molar-refractivity contribution < 1.29 is 4.74 Å². The number of benzene rings is 2. The average Bonchev–Trinajstić information content (AvgIpc) is 3.14. The summed E-state index contributed by atoms with van der Waals surface area (Å²) in [6.07, 6.45) is 2.70. The van der Waals surface area contributed by atoms with E-state index in [0.29, 0.717) is 5.56 Å². The number of thioether (sulfide) groups is 1. The van der Waals surface area contributed by atoms with Gasteiger partial charge in [0, 0.05) is 26.0 Å². The molecule has 26 heavy (non-hydrogen) atoms. The number of nitriles is 1. The fourth-order valence-electron chi connectivity index (χ4n) is 2.65. The second-order valence-electron chi connectivity index (χ2n) is 5.80. The summed E-state index contributed by atoms with van der Waals surface area (Å²) in [7, 11) is 1.71. The molecule has 3 rings (SSSR count). The van der Waals surface area contributed by atoms with Gasteiger partial charge in [-0.05, 0) is 29.2 Å². The smallest absolute Gasteiger partial charge is 0.191 e. The Hall–Kier alpha value is -2.62. The summed E-state index contributed by atoms with van der Waals surface area (Å²) in [5, 5.41) is 18.4. The highest BCUT2D eigenvalue weighted by Crippen LogP contribution is 2.26. The van der Waals surface area contributed by atoms with Crippen molar-refractivity contribution in [1.82, 2.24) is 14.8 Å². The molecule has 5 nitrogen and oxygen atoms in total. The van der Waals surface area contributed by atoms with E-state index in [0.717, 1.165) is 41.6 Å². The van der Waals surface area contributed by atoms with Crippen LogP contribution in [-0.4, -0.2) is 28.5 Å². The van der Waals surface area contributed by atoms with Crippen LogP contribution in [0.1, 0.15) is 17.5 Å². The molecule has 0 radical (unpaired) electrons. The standard InChI is InChI=1S/C20H20N4OS/c1-25-12-4-11-24-15-22-23-20(24)26-14-16-7-9-17(10-8-16)19-6-3-2-5-18(19)13-21/h2-3,5-10,15H,4,11-12,14H2,1H3. The number of methoxy groups -OCH3 is 1. The minimum Gasteiger partial charge on any atom is -0.385 e. The third kappa shape index (κ3) is 4.51. The van der Waals surface area contributed by atoms with Crippen LogP contribution in [0.3, 0.4) is 0 Å². The van der Waals surface area contributed by atoms with Crippen molar-refractivity contribution in [3.63, 3.8) is 0 Å². The molecule has 0 amide bonds. The van der Waals surface area contributed by atoms with Crippen LogP contribution in [0.2, 0.25) is 0 Å². The summed E-state index contributed by atoms with van der Waals surface area (Å²) < 4.78 is 7.15. The van der Waals surface area contributed by atoms with Gasteiger partial charge >= 0.3 is 0 Å². The summed E-state index contributed by atoms with van der Waals surface area (Å²) in [5.41, 5.74) is 3.92. The van der Waals surface area contributed by atoms with Gasteiger partial charge in [-0.25, -0.2) is 0 Å². The van der Waals surface area contributed by atoms with Gasteiger partial charge < -0.3 is 9.30 Å². The Morgan fingerprint density at radius 2 is 1.96 bits per heavy atom. The van der Waals surface area contributed by atoms with E-state index in [1.54, 1.807) is 25.2 Å². The number of aryl methyl sites for hydroxylation is 1. The number of hydrogen-bond donors (Lipinski definition) is 0. The van der Waals surface area contributed by atoms with Crippen molar-refractivity contribution in [2.75, 3.05) is 13.7 Å². The third-order valence-electron chi connectivity index (χ3n) is 4.01. The highest BCUT2D eigenvalue weighted by molar-refractivity contribution is 7.98. The Morgan fingerprint density at radius 1 is 1.15 bits per heavy atom. The number of hydrogen-bond acceptors (Lipinski definition) is 5. The highest BCUT2D eigenvalue weighted by Gasteiger charge is 2.07. The zero-order chi connectivity index (χ0) is 18.2. The minimum atomic E-state index is 0.693. The maximum atomic E-state index is 9.25. The van der Waals surface area contributed by atoms with Crippen LogP contribution in [0.5, 0.6) is 0 Å². The van der Waals surface area contributed by atoms with Crippen LogP contribution in [0.25, 0.3) is 11.1 Å². The first-order chi connectivity index (χ1) is 12.8. The maximum absolute atomic E-state index is 9.25. The van der Waals surface area contributed by atoms with Crippen molar-refractivity contribution in [1.29, 1.82) is 5.26 Å². The Kier molecular flexibility index (Phi) is 6.42. The predicted octanol–water partition coefficient (Wildman–Crippen LogP) is 4.15. The maximum Gasteiger partial charge on any atom is 0.191 e. The quantitative estimate of drug-likeness (QED) is 0.444. The molecule has 0 unspecified atom stereocenters. The largest absolute Gasteiger partial charge is 0.385 e. The van der Waals surface area contributed by atoms with Gasteiger partial charge in [-0.15, -0.1) is 10.2 Å². The predicted molar refractivity (Wildman–Crippen MR) is 103 cm³/mol. The van der Waals surface area contributed by atoms with Crippen molar-refractivity contribution in [2.24, 2.45) is 0 Å². The topological polar surface area (TPSA) is 63.7 Å². The van der Waals surface area contributed by atoms with Crippen LogP contribution < -0.4 is 0 Å². The minimum absolute atomic E-state index is 0.693. The van der Waals surface area contributed by atoms with E-state index in [9.17, 15) is 5.26 Å². The number of ether oxygens (including phenoxy) is 1. The molecule has 132 valence electrons. The molecule has 1 heterocycles. The van der Waals surface area contributed by atoms with Crippen LogP contribution in [0.15, 0.2) is 60.0 Å². The molecule has 0 N–H and O–H groups in total. The Bertz CT molecular complexity index is 883. The van der Waals surface area contributed by atoms with E-state index >= 15 is 0 Å². The molecule has 0 bridgehead atoms. The molecule has 0 fully saturated rings. The van der Waals surface area contributed by atoms with Crippen molar-refractivity contribution in [3.05, 3.63) is 66.0 Å². The van der Waals surface area contributed by atoms with Gasteiger partial charge in [0.2, 0.25) is 0 Å². The lowest BCUT2D eigenvalue weighted by atomic mass is 10.00. The first-order valence-corrected chi connectivity index (χ1v) is 9.38. The van der Waals surface area contributed by atoms with Crippen molar-refractivity contribution >= 4 is 11.8 Å². The molecule has 0 aliphatic carbocycles. The van der Waals surface area contributed by atoms with E-state index in [1.807, 2.05) is 24.3 Å². The molecule has 2 aromatic carbocycles. The lowest BCUT2D eigenvalue weighted by molar-refractivity contribution is 0.189. The van der Waals surface area contributed by atoms with E-state index in [1.165, 1.54) is 5.56 Å². The zero-order valence-corrected chi connectivity index (χ0v) is 15.4. The molecule has 6 heteroatoms. The average molecular weight is 364 g/mol. The van der Waals surface area contributed by atoms with Crippen molar-refractivity contribution in [3.8, 4) is 17.2 Å². The second kappa shape index (κ2) is 9.18. The first-order valence-electron chi connectivity index (χ1n) is 8.40. The van der Waals surface area contributed by atoms with E-state index in [-0.39, 0.29) is 0 Å². The van der Waals surface area contributed by atoms with Crippen molar-refractivity contribution in [2.45, 2.75) is 23.9 Å². The monoisotopic (exact) mass is 364 g/mol. The Balaban J connectivity index is 1.64. The van der Waals surface area contributed by atoms with Gasteiger partial charge in [-0.1, -0.05) is 54.2 Å². The van der Waals surface area contributed by atoms with Gasteiger partial charge in [0.1, 0.15) is 6.33 Å². The molecule has 0 saturated heterocycles. The second-order valence-corrected chi connectivity index (χ2v) is 6.74. The van der Waals surface area contributed by atoms with Gasteiger partial charge in [-0.3, -0.25) is 0 Å². The van der Waals surface area contributed by atoms with E-state index in [2.05, 4.69) is 45.1 Å². The molecule has 0 aliphatic rings. The van der Waals surface area contributed by atoms with Crippen LogP contribution >= 0.6 is 11.8 Å². The van der Waals surface area contributed by atoms with Gasteiger partial charge in [0.05, 0.1) is 11.6 Å². The summed E-state index contributed by atoms with van der Waals surface area (Å²) >= 11 is 1.67. The molecule has 0 spiro atoms. The van der Waals surface area contributed by atoms with E-state index in [4.69, 9.17) is 4.74 Å². The lowest BCUT2D eigenvalue weighted by Crippen LogP contribution is -2.02. The number of rotatable bonds is 8. The molecule has 1 aromatic heterocycles. The fourth-order valence-corrected chi connectivity index (χ4v) is 3.55. The molecule has 0 saturated carbocycles. The summed E-state index contributed by atoms with van der Waals surface area (Å²) in [6.45, 7) is 1.58. The summed E-state index contributed by atoms with van der Waals surface area (Å²) in [4.78, 5) is 0. The summed E-state index contributed by atoms with van der Waals surface area (Å²) in [5.74, 6) is 0.823. The van der Waals surface area contributed by atoms with Gasteiger partial charge in [0.15, 0.2) is 5.16 Å². The molecule has 0 atom stereocenters. The summed E-state index contributed by atoms with van der Waals surface area (Å²) in [6, 6.07) is 18.2. The highest BCUT2D eigenvalue weighted by atomic mass is 32.2. The van der Waals surface area contributed by atoms with Crippen LogP contribution in [0, 0.1) is 11.3 Å². The normalized spacial score (nSPS) is 10.6. The van der Waals surface area contributed by atoms with Gasteiger partial charge in [0.25, 0.3) is 0 Å². The van der Waals surface area contributed by atoms with Gasteiger partial charge in [-0.2, -0.15) is 5.26 Å². The molecule has 3 aromatic rings. The Labute approximate surface area is 157 Å². The SMILES string of the molecule is COCCCn1cnnc1SCc1ccc(-c2ccccc2C#N)cc1. The van der Waals surface area contributed by atoms with Crippen LogP contribution in [-0.2, 0) is 17.0 Å². The Morgan fingerprint density at radius 3 is 2.73 bits per heavy atom.